The average Bonchev–Trinajstić information content (AvgIpc) is 2.15. The van der Waals surface area contributed by atoms with Gasteiger partial charge in [0.1, 0.15) is 5.78 Å². The van der Waals surface area contributed by atoms with Crippen molar-refractivity contribution in [3.63, 3.8) is 0 Å². The van der Waals surface area contributed by atoms with Crippen LogP contribution in [0.5, 0.6) is 0 Å². The summed E-state index contributed by atoms with van der Waals surface area (Å²) in [5, 5.41) is 4.40. The normalized spacial score (nSPS) is 7.07. The van der Waals surface area contributed by atoms with Gasteiger partial charge < -0.3 is 25.0 Å². The summed E-state index contributed by atoms with van der Waals surface area (Å²) in [4.78, 5) is 38.7. The van der Waals surface area contributed by atoms with Crippen molar-refractivity contribution in [2.45, 2.75) is 13.3 Å². The van der Waals surface area contributed by atoms with E-state index in [0.717, 1.165) is 0 Å². The molecule has 83 valence electrons. The molecule has 2 amide bonds. The van der Waals surface area contributed by atoms with Crippen LogP contribution in [0.15, 0.2) is 0 Å². The number of hydrogen-bond donors (Lipinski definition) is 2. The van der Waals surface area contributed by atoms with Crippen LogP contribution in [-0.4, -0.2) is 38.0 Å². The molecule has 0 fully saturated rings. The minimum atomic E-state index is -0.228. The fourth-order valence-corrected chi connectivity index (χ4v) is 0.306. The van der Waals surface area contributed by atoms with Crippen LogP contribution in [0.3, 0.4) is 0 Å². The first-order valence-corrected chi connectivity index (χ1v) is 3.73. The van der Waals surface area contributed by atoms with E-state index in [2.05, 4.69) is 10.6 Å². The molecule has 0 unspecified atom stereocenters. The van der Waals surface area contributed by atoms with E-state index in [-0.39, 0.29) is 57.4 Å². The molecule has 1 radical (unpaired) electrons. The molecule has 0 atom stereocenters. The predicted octanol–water partition coefficient (Wildman–Crippen LogP) is -1.54. The van der Waals surface area contributed by atoms with Crippen molar-refractivity contribution in [3.05, 3.63) is 0 Å². The second-order valence-corrected chi connectivity index (χ2v) is 2.15. The fourth-order valence-electron chi connectivity index (χ4n) is 0.306. The Morgan fingerprint density at radius 2 is 1.80 bits per heavy atom. The van der Waals surface area contributed by atoms with E-state index < -0.39 is 0 Å². The van der Waals surface area contributed by atoms with Crippen LogP contribution in [0, 0.1) is 0 Å². The summed E-state index contributed by atoms with van der Waals surface area (Å²) in [5.41, 5.74) is 0. The quantitative estimate of drug-likeness (QED) is 0.364. The van der Waals surface area contributed by atoms with E-state index in [9.17, 15) is 19.2 Å². The van der Waals surface area contributed by atoms with Gasteiger partial charge in [-0.15, -0.1) is 0 Å². The second-order valence-electron chi connectivity index (χ2n) is 2.15. The van der Waals surface area contributed by atoms with Gasteiger partial charge in [0, 0.05) is 39.8 Å². The minimum Gasteiger partial charge on any atom is -0.541 e. The molecule has 6 nitrogen and oxygen atoms in total. The average molecular weight is 289 g/mol. The third kappa shape index (κ3) is 24.7. The van der Waals surface area contributed by atoms with Gasteiger partial charge in [-0.2, -0.15) is 6.41 Å². The number of likely N-dealkylation sites (N-methyl/N-ethyl adjacent to an activating group) is 1. The van der Waals surface area contributed by atoms with E-state index in [1.165, 1.54) is 26.7 Å². The van der Waals surface area contributed by atoms with Crippen LogP contribution < -0.4 is 10.6 Å². The molecule has 15 heavy (non-hydrogen) atoms. The zero-order valence-corrected chi connectivity index (χ0v) is 11.5. The monoisotopic (exact) mass is 289 g/mol. The van der Waals surface area contributed by atoms with Crippen molar-refractivity contribution < 1.29 is 51.9 Å². The van der Waals surface area contributed by atoms with Crippen molar-refractivity contribution in [1.82, 2.24) is 10.6 Å². The Bertz CT molecular complexity index is 209. The van der Waals surface area contributed by atoms with Crippen LogP contribution >= 0.6 is 0 Å². The van der Waals surface area contributed by atoms with Gasteiger partial charge in [-0.05, 0) is 6.92 Å². The maximum Gasteiger partial charge on any atom is 0.236 e. The summed E-state index contributed by atoms with van der Waals surface area (Å²) < 4.78 is 0. The van der Waals surface area contributed by atoms with Crippen LogP contribution in [0.2, 0.25) is 0 Å². The number of nitrogens with one attached hydrogen (secondary N) is 2. The predicted molar refractivity (Wildman–Crippen MR) is 48.8 cm³/mol. The summed E-state index contributed by atoms with van der Waals surface area (Å²) in [6.45, 7) is 1.35. The molecule has 0 bridgehead atoms. The Labute approximate surface area is 113 Å². The van der Waals surface area contributed by atoms with Crippen LogP contribution in [0.1, 0.15) is 13.3 Å². The summed E-state index contributed by atoms with van der Waals surface area (Å²) in [5.74, 6) is -0.363. The number of carbonyl (C=O) groups excluding carboxylic acids is 4. The maximum absolute atomic E-state index is 10.2. The molecular formula is C8H12N2O4Y-2. The van der Waals surface area contributed by atoms with Gasteiger partial charge in [0.15, 0.2) is 0 Å². The van der Waals surface area contributed by atoms with E-state index >= 15 is 0 Å². The second kappa shape index (κ2) is 15.8. The molecule has 0 spiro atoms. The van der Waals surface area contributed by atoms with Crippen molar-refractivity contribution in [2.24, 2.45) is 0 Å². The summed E-state index contributed by atoms with van der Waals surface area (Å²) in [6.07, 6.45) is 2.77. The molecule has 0 aromatic carbocycles. The third-order valence-corrected chi connectivity index (χ3v) is 0.921. The van der Waals surface area contributed by atoms with E-state index in [4.69, 9.17) is 0 Å². The van der Waals surface area contributed by atoms with Crippen LogP contribution in [0.25, 0.3) is 0 Å². The molecule has 0 aromatic heterocycles. The summed E-state index contributed by atoms with van der Waals surface area (Å²) >= 11 is 0. The van der Waals surface area contributed by atoms with Crippen molar-refractivity contribution in [1.29, 1.82) is 0 Å². The van der Waals surface area contributed by atoms with E-state index in [0.29, 0.717) is 0 Å². The SMILES string of the molecule is CC(=O)C[C-]=O.CNC(=O)CN[C-]=O.[Y]. The van der Waals surface area contributed by atoms with Gasteiger partial charge in [-0.1, -0.05) is 6.42 Å². The number of ketones is 1. The molecule has 0 saturated carbocycles. The Morgan fingerprint density at radius 3 is 2.00 bits per heavy atom. The summed E-state index contributed by atoms with van der Waals surface area (Å²) in [6, 6.07) is 0. The van der Waals surface area contributed by atoms with Crippen molar-refractivity contribution in [2.75, 3.05) is 13.6 Å². The number of carbonyl (C=O) groups is 2. The first-order valence-electron chi connectivity index (χ1n) is 3.73. The molecule has 2 N–H and O–H groups in total. The standard InChI is InChI=1S/C4H7N2O2.C4H5O2.Y/c1-5-4(8)2-6-3-7;1-4(6)2-3-5;/h2H2,1H3,(H,5,8)(H,6,7);2H2,1H3;/q2*-1;. The van der Waals surface area contributed by atoms with Gasteiger partial charge in [-0.3, -0.25) is 11.1 Å². The van der Waals surface area contributed by atoms with Gasteiger partial charge >= 0.3 is 0 Å². The minimum absolute atomic E-state index is 0. The first-order chi connectivity index (χ1) is 6.58. The topological polar surface area (TPSA) is 92.3 Å². The number of rotatable bonds is 5. The van der Waals surface area contributed by atoms with E-state index in [1.807, 2.05) is 0 Å². The first kappa shape index (κ1) is 19.9. The molecule has 7 heteroatoms. The van der Waals surface area contributed by atoms with Gasteiger partial charge in [0.25, 0.3) is 0 Å². The summed E-state index contributed by atoms with van der Waals surface area (Å²) in [7, 11) is 1.49. The molecule has 0 aliphatic rings. The number of amides is 2. The van der Waals surface area contributed by atoms with Gasteiger partial charge in [0.05, 0.1) is 6.54 Å². The molecule has 0 heterocycles. The molecule has 0 saturated heterocycles. The largest absolute Gasteiger partial charge is 0.541 e. The number of Topliss-reactive ketones (excluding diaryl/α,β-unsaturated/α-hetero) is 1. The molecule has 0 aliphatic heterocycles. The van der Waals surface area contributed by atoms with Crippen molar-refractivity contribution in [3.8, 4) is 0 Å². The fraction of sp³-hybridized carbons (Fsp3) is 0.500. The Kier molecular flexibility index (Phi) is 21.0. The Hall–Kier alpha value is -0.616. The third-order valence-electron chi connectivity index (χ3n) is 0.921. The Balaban J connectivity index is -0.000000187. The van der Waals surface area contributed by atoms with Crippen LogP contribution in [-0.2, 0) is 51.9 Å². The Morgan fingerprint density at radius 1 is 1.27 bits per heavy atom. The van der Waals surface area contributed by atoms with Crippen LogP contribution in [0.4, 0.5) is 0 Å². The zero-order valence-electron chi connectivity index (χ0n) is 8.62. The number of hydrogen-bond acceptors (Lipinski definition) is 4. The van der Waals surface area contributed by atoms with Gasteiger partial charge in [-0.25, -0.2) is 0 Å². The molecule has 0 aromatic rings. The zero-order chi connectivity index (χ0) is 11.4. The molecule has 0 rings (SSSR count). The molecule has 0 aliphatic carbocycles. The smallest absolute Gasteiger partial charge is 0.236 e. The van der Waals surface area contributed by atoms with E-state index in [1.54, 1.807) is 0 Å². The van der Waals surface area contributed by atoms with Crippen molar-refractivity contribution >= 4 is 24.4 Å². The maximum atomic E-state index is 10.2. The molecular weight excluding hydrogens is 277 g/mol. The van der Waals surface area contributed by atoms with Gasteiger partial charge in [0.2, 0.25) is 5.91 Å².